The van der Waals surface area contributed by atoms with Gasteiger partial charge in [-0.05, 0) is 43.4 Å². The fraction of sp³-hybridized carbons (Fsp3) is 0.474. The fourth-order valence-electron chi connectivity index (χ4n) is 3.75. The number of amides is 2. The van der Waals surface area contributed by atoms with Crippen LogP contribution in [0.2, 0.25) is 0 Å². The van der Waals surface area contributed by atoms with Gasteiger partial charge in [-0.15, -0.1) is 0 Å². The van der Waals surface area contributed by atoms with E-state index < -0.39 is 0 Å². The van der Waals surface area contributed by atoms with Gasteiger partial charge in [0.25, 0.3) is 0 Å². The van der Waals surface area contributed by atoms with Crippen molar-refractivity contribution in [1.29, 1.82) is 0 Å². The minimum atomic E-state index is -0.252. The van der Waals surface area contributed by atoms with Gasteiger partial charge in [-0.25, -0.2) is 4.39 Å². The molecule has 1 saturated heterocycles. The number of imide groups is 1. The van der Waals surface area contributed by atoms with Crippen molar-refractivity contribution in [1.82, 2.24) is 9.80 Å². The number of hydrogen-bond donors (Lipinski definition) is 0. The maximum Gasteiger partial charge on any atom is 0.234 e. The van der Waals surface area contributed by atoms with E-state index in [1.165, 1.54) is 17.0 Å². The summed E-state index contributed by atoms with van der Waals surface area (Å²) in [5, 5.41) is 0. The first-order valence-electron chi connectivity index (χ1n) is 8.62. The fourth-order valence-corrected chi connectivity index (χ4v) is 3.75. The Balaban J connectivity index is 1.48. The summed E-state index contributed by atoms with van der Waals surface area (Å²) in [5.74, 6) is -0.653. The lowest BCUT2D eigenvalue weighted by molar-refractivity contribution is -0.142. The third-order valence-electron chi connectivity index (χ3n) is 5.28. The van der Waals surface area contributed by atoms with Crippen molar-refractivity contribution in [2.45, 2.75) is 38.3 Å². The molecule has 0 radical (unpaired) electrons. The molecule has 2 atom stereocenters. The van der Waals surface area contributed by atoms with Crippen LogP contribution in [0.25, 0.3) is 0 Å². The molecule has 3 aliphatic rings. The quantitative estimate of drug-likeness (QED) is 0.616. The van der Waals surface area contributed by atoms with Crippen LogP contribution in [0.15, 0.2) is 36.4 Å². The van der Waals surface area contributed by atoms with Crippen LogP contribution in [0.4, 0.5) is 4.39 Å². The van der Waals surface area contributed by atoms with Crippen molar-refractivity contribution in [2.24, 2.45) is 11.8 Å². The molecule has 2 aliphatic carbocycles. The van der Waals surface area contributed by atoms with E-state index >= 15 is 0 Å². The highest BCUT2D eigenvalue weighted by atomic mass is 19.1. The Morgan fingerprint density at radius 1 is 1.00 bits per heavy atom. The Kier molecular flexibility index (Phi) is 3.96. The zero-order valence-corrected chi connectivity index (χ0v) is 13.5. The minimum Gasteiger partial charge on any atom is -0.278 e. The smallest absolute Gasteiger partial charge is 0.234 e. The Labute approximate surface area is 140 Å². The van der Waals surface area contributed by atoms with Gasteiger partial charge in [0.05, 0.1) is 18.5 Å². The molecule has 0 bridgehead atoms. The molecule has 0 aromatic heterocycles. The van der Waals surface area contributed by atoms with E-state index in [1.807, 2.05) is 12.2 Å². The predicted octanol–water partition coefficient (Wildman–Crippen LogP) is 2.70. The number of rotatable bonds is 5. The van der Waals surface area contributed by atoms with Gasteiger partial charge in [0.2, 0.25) is 11.8 Å². The second kappa shape index (κ2) is 6.13. The molecule has 0 spiro atoms. The molecule has 1 aliphatic heterocycles. The Hall–Kier alpha value is -2.01. The van der Waals surface area contributed by atoms with E-state index in [0.717, 1.165) is 18.4 Å². The molecule has 5 heteroatoms. The molecule has 0 N–H and O–H groups in total. The highest BCUT2D eigenvalue weighted by molar-refractivity contribution is 6.05. The topological polar surface area (TPSA) is 40.6 Å². The lowest BCUT2D eigenvalue weighted by Gasteiger charge is -2.27. The number of allylic oxidation sites excluding steroid dienone is 2. The number of fused-ring (bicyclic) bond motifs is 1. The minimum absolute atomic E-state index is 0.0286. The Morgan fingerprint density at radius 3 is 2.12 bits per heavy atom. The van der Waals surface area contributed by atoms with Crippen molar-refractivity contribution >= 4 is 11.8 Å². The van der Waals surface area contributed by atoms with E-state index in [0.29, 0.717) is 32.1 Å². The van der Waals surface area contributed by atoms with Crippen LogP contribution in [-0.2, 0) is 16.1 Å². The Morgan fingerprint density at radius 2 is 1.58 bits per heavy atom. The van der Waals surface area contributed by atoms with Crippen LogP contribution in [0.1, 0.15) is 31.2 Å². The van der Waals surface area contributed by atoms with Gasteiger partial charge in [0, 0.05) is 12.6 Å². The van der Waals surface area contributed by atoms with Gasteiger partial charge in [-0.3, -0.25) is 19.4 Å². The van der Waals surface area contributed by atoms with Crippen molar-refractivity contribution in [3.8, 4) is 0 Å². The molecule has 4 rings (SSSR count). The maximum absolute atomic E-state index is 13.1. The van der Waals surface area contributed by atoms with E-state index in [-0.39, 0.29) is 29.5 Å². The van der Waals surface area contributed by atoms with Crippen molar-refractivity contribution in [3.63, 3.8) is 0 Å². The molecule has 2 amide bonds. The molecule has 1 aromatic rings. The predicted molar refractivity (Wildman–Crippen MR) is 87.0 cm³/mol. The zero-order chi connectivity index (χ0) is 16.7. The summed E-state index contributed by atoms with van der Waals surface area (Å²) >= 11 is 0. The number of carbonyl (C=O) groups is 2. The van der Waals surface area contributed by atoms with Crippen LogP contribution in [-0.4, -0.2) is 34.3 Å². The summed E-state index contributed by atoms with van der Waals surface area (Å²) < 4.78 is 13.1. The molecular formula is C19H21FN2O2. The monoisotopic (exact) mass is 328 g/mol. The molecule has 1 aromatic carbocycles. The van der Waals surface area contributed by atoms with Crippen molar-refractivity contribution in [2.75, 3.05) is 6.67 Å². The Bertz CT molecular complexity index is 655. The second-order valence-corrected chi connectivity index (χ2v) is 7.01. The number of carbonyl (C=O) groups excluding carboxylic acids is 2. The summed E-state index contributed by atoms with van der Waals surface area (Å²) in [6.45, 7) is 0.988. The van der Waals surface area contributed by atoms with Gasteiger partial charge in [-0.1, -0.05) is 24.3 Å². The van der Waals surface area contributed by atoms with Gasteiger partial charge in [-0.2, -0.15) is 0 Å². The third-order valence-corrected chi connectivity index (χ3v) is 5.28. The average Bonchev–Trinajstić information content (AvgIpc) is 3.41. The number of likely N-dealkylation sites (tertiary alicyclic amines) is 1. The summed E-state index contributed by atoms with van der Waals surface area (Å²) in [5.41, 5.74) is 1.00. The summed E-state index contributed by atoms with van der Waals surface area (Å²) in [6, 6.07) is 6.85. The molecular weight excluding hydrogens is 307 g/mol. The molecule has 0 unspecified atom stereocenters. The van der Waals surface area contributed by atoms with Gasteiger partial charge < -0.3 is 0 Å². The SMILES string of the molecule is O=C1[C@H]2CC=CC[C@@H]2C(=O)N1CN(Cc1ccc(F)cc1)C1CC1. The second-order valence-electron chi connectivity index (χ2n) is 7.01. The number of halogens is 1. The first kappa shape index (κ1) is 15.5. The van der Waals surface area contributed by atoms with Gasteiger partial charge in [0.1, 0.15) is 5.82 Å². The summed E-state index contributed by atoms with van der Waals surface area (Å²) in [4.78, 5) is 28.9. The molecule has 1 heterocycles. The molecule has 24 heavy (non-hydrogen) atoms. The molecule has 4 nitrogen and oxygen atoms in total. The van der Waals surface area contributed by atoms with E-state index in [1.54, 1.807) is 12.1 Å². The lowest BCUT2D eigenvalue weighted by Crippen LogP contribution is -2.42. The first-order valence-corrected chi connectivity index (χ1v) is 8.62. The van der Waals surface area contributed by atoms with Crippen molar-refractivity contribution in [3.05, 3.63) is 47.8 Å². The maximum atomic E-state index is 13.1. The molecule has 126 valence electrons. The summed E-state index contributed by atoms with van der Waals surface area (Å²) in [6.07, 6.45) is 7.54. The highest BCUT2D eigenvalue weighted by Crippen LogP contribution is 2.36. The van der Waals surface area contributed by atoms with Crippen LogP contribution in [0.5, 0.6) is 0 Å². The van der Waals surface area contributed by atoms with Crippen LogP contribution < -0.4 is 0 Å². The number of hydrogen-bond acceptors (Lipinski definition) is 3. The van der Waals surface area contributed by atoms with Crippen molar-refractivity contribution < 1.29 is 14.0 Å². The number of nitrogens with zero attached hydrogens (tertiary/aromatic N) is 2. The average molecular weight is 328 g/mol. The standard InChI is InChI=1S/C19H21FN2O2/c20-14-7-5-13(6-8-14)11-21(15-9-10-15)12-22-18(23)16-3-1-2-4-17(16)19(22)24/h1-2,5-8,15-17H,3-4,9-12H2/t16-,17-/m0/s1. The zero-order valence-electron chi connectivity index (χ0n) is 13.5. The molecule has 2 fully saturated rings. The van der Waals surface area contributed by atoms with E-state index in [4.69, 9.17) is 0 Å². The number of benzene rings is 1. The van der Waals surface area contributed by atoms with Gasteiger partial charge >= 0.3 is 0 Å². The highest BCUT2D eigenvalue weighted by Gasteiger charge is 2.48. The largest absolute Gasteiger partial charge is 0.278 e. The first-order chi connectivity index (χ1) is 11.6. The van der Waals surface area contributed by atoms with Crippen LogP contribution in [0.3, 0.4) is 0 Å². The van der Waals surface area contributed by atoms with E-state index in [2.05, 4.69) is 4.90 Å². The van der Waals surface area contributed by atoms with Crippen LogP contribution >= 0.6 is 0 Å². The summed E-state index contributed by atoms with van der Waals surface area (Å²) in [7, 11) is 0. The van der Waals surface area contributed by atoms with Crippen LogP contribution in [0, 0.1) is 17.7 Å². The third kappa shape index (κ3) is 2.88. The lowest BCUT2D eigenvalue weighted by atomic mass is 9.85. The van der Waals surface area contributed by atoms with Gasteiger partial charge in [0.15, 0.2) is 0 Å². The normalized spacial score (nSPS) is 26.3. The molecule has 1 saturated carbocycles. The van der Waals surface area contributed by atoms with E-state index in [9.17, 15) is 14.0 Å².